The molecule has 7 nitrogen and oxygen atoms in total. The van der Waals surface area contributed by atoms with Crippen LogP contribution in [0.1, 0.15) is 16.1 Å². The molecule has 23 heavy (non-hydrogen) atoms. The highest BCUT2D eigenvalue weighted by molar-refractivity contribution is 6.01. The van der Waals surface area contributed by atoms with Crippen LogP contribution in [0.2, 0.25) is 0 Å². The van der Waals surface area contributed by atoms with Gasteiger partial charge in [0, 0.05) is 31.9 Å². The molecule has 0 radical (unpaired) electrons. The topological polar surface area (TPSA) is 90.8 Å². The van der Waals surface area contributed by atoms with E-state index in [0.29, 0.717) is 40.8 Å². The number of rotatable bonds is 2. The van der Waals surface area contributed by atoms with Gasteiger partial charge in [0.25, 0.3) is 5.91 Å². The Morgan fingerprint density at radius 3 is 3.00 bits per heavy atom. The third-order valence-corrected chi connectivity index (χ3v) is 4.06. The molecule has 1 amide bonds. The van der Waals surface area contributed by atoms with E-state index in [0.717, 1.165) is 12.2 Å². The number of primary amides is 1. The van der Waals surface area contributed by atoms with E-state index >= 15 is 0 Å². The van der Waals surface area contributed by atoms with E-state index < -0.39 is 11.7 Å². The minimum Gasteiger partial charge on any atom is -0.365 e. The van der Waals surface area contributed by atoms with Crippen LogP contribution in [-0.4, -0.2) is 32.0 Å². The zero-order valence-corrected chi connectivity index (χ0v) is 12.5. The molecule has 1 aliphatic rings. The van der Waals surface area contributed by atoms with Gasteiger partial charge in [-0.25, -0.2) is 4.39 Å². The molecule has 2 aromatic heterocycles. The van der Waals surface area contributed by atoms with Gasteiger partial charge in [0.15, 0.2) is 0 Å². The van der Waals surface area contributed by atoms with Crippen LogP contribution in [0.25, 0.3) is 22.2 Å². The minimum atomic E-state index is -0.563. The van der Waals surface area contributed by atoms with Crippen LogP contribution in [0, 0.1) is 5.82 Å². The van der Waals surface area contributed by atoms with E-state index in [-0.39, 0.29) is 0 Å². The van der Waals surface area contributed by atoms with E-state index in [1.807, 2.05) is 0 Å². The van der Waals surface area contributed by atoms with Crippen molar-refractivity contribution in [2.24, 2.45) is 12.8 Å². The second kappa shape index (κ2) is 4.88. The molecular weight excluding hydrogens is 299 g/mol. The summed E-state index contributed by atoms with van der Waals surface area (Å²) in [7, 11) is 1.73. The fourth-order valence-electron chi connectivity index (χ4n) is 3.05. The maximum absolute atomic E-state index is 14.3. The van der Waals surface area contributed by atoms with E-state index in [4.69, 9.17) is 5.73 Å². The van der Waals surface area contributed by atoms with Gasteiger partial charge in [0.05, 0.1) is 28.7 Å². The Morgan fingerprint density at radius 2 is 2.22 bits per heavy atom. The Kier molecular flexibility index (Phi) is 2.95. The molecule has 0 saturated heterocycles. The van der Waals surface area contributed by atoms with Gasteiger partial charge in [-0.3, -0.25) is 14.2 Å². The highest BCUT2D eigenvalue weighted by Crippen LogP contribution is 2.30. The lowest BCUT2D eigenvalue weighted by Crippen LogP contribution is -2.30. The number of aromatic nitrogens is 4. The number of hydrogen-bond donors (Lipinski definition) is 2. The molecule has 0 saturated carbocycles. The zero-order valence-electron chi connectivity index (χ0n) is 12.5. The summed E-state index contributed by atoms with van der Waals surface area (Å²) in [6.07, 6.45) is 1.62. The van der Waals surface area contributed by atoms with Crippen molar-refractivity contribution in [3.05, 3.63) is 35.4 Å². The van der Waals surface area contributed by atoms with Crippen LogP contribution in [0.3, 0.4) is 0 Å². The van der Waals surface area contributed by atoms with Gasteiger partial charge >= 0.3 is 0 Å². The van der Waals surface area contributed by atoms with Gasteiger partial charge in [-0.05, 0) is 12.1 Å². The maximum Gasteiger partial charge on any atom is 0.252 e. The highest BCUT2D eigenvalue weighted by Gasteiger charge is 2.25. The average molecular weight is 314 g/mol. The number of carbonyl (C=O) groups is 1. The van der Waals surface area contributed by atoms with Gasteiger partial charge in [-0.2, -0.15) is 10.2 Å². The number of nitrogens with zero attached hydrogens (tertiary/aromatic N) is 4. The molecule has 1 aromatic carbocycles. The number of benzene rings is 1. The molecule has 0 unspecified atom stereocenters. The van der Waals surface area contributed by atoms with Gasteiger partial charge in [0.2, 0.25) is 0 Å². The van der Waals surface area contributed by atoms with Crippen LogP contribution >= 0.6 is 0 Å². The second-order valence-electron chi connectivity index (χ2n) is 5.63. The fourth-order valence-corrected chi connectivity index (χ4v) is 3.05. The summed E-state index contributed by atoms with van der Waals surface area (Å²) in [4.78, 5) is 11.9. The lowest BCUT2D eigenvalue weighted by atomic mass is 10.0. The Balaban J connectivity index is 1.97. The molecule has 0 atom stereocenters. The van der Waals surface area contributed by atoms with E-state index in [2.05, 4.69) is 15.5 Å². The third-order valence-electron chi connectivity index (χ3n) is 4.06. The SMILES string of the molecule is Cn1cc2c(F)cc(-c3nn4c(c3C(N)=O)CNCC4)cc2n1. The largest absolute Gasteiger partial charge is 0.365 e. The standard InChI is InChI=1S/C15H15FN6O/c1-21-7-9-10(16)4-8(5-11(9)19-21)14-13(15(17)23)12-6-18-2-3-22(12)20-14/h4-5,7,18H,2-3,6H2,1H3,(H2,17,23). The molecule has 1 aliphatic heterocycles. The van der Waals surface area contributed by atoms with Crippen LogP contribution in [0.4, 0.5) is 4.39 Å². The number of amides is 1. The number of fused-ring (bicyclic) bond motifs is 2. The summed E-state index contributed by atoms with van der Waals surface area (Å²) in [6.45, 7) is 1.92. The maximum atomic E-state index is 14.3. The van der Waals surface area contributed by atoms with Gasteiger partial charge in [-0.1, -0.05) is 0 Å². The number of halogens is 1. The quantitative estimate of drug-likeness (QED) is 0.731. The summed E-state index contributed by atoms with van der Waals surface area (Å²) >= 11 is 0. The Bertz CT molecular complexity index is 941. The van der Waals surface area contributed by atoms with Crippen molar-refractivity contribution in [2.75, 3.05) is 6.54 Å². The Hall–Kier alpha value is -2.74. The lowest BCUT2D eigenvalue weighted by Gasteiger charge is -2.15. The van der Waals surface area contributed by atoms with Crippen molar-refractivity contribution in [1.29, 1.82) is 0 Å². The number of hydrogen-bond acceptors (Lipinski definition) is 4. The first-order valence-electron chi connectivity index (χ1n) is 7.28. The lowest BCUT2D eigenvalue weighted by molar-refractivity contribution is 0.0999. The second-order valence-corrected chi connectivity index (χ2v) is 5.63. The molecule has 0 aliphatic carbocycles. The highest BCUT2D eigenvalue weighted by atomic mass is 19.1. The fraction of sp³-hybridized carbons (Fsp3) is 0.267. The van der Waals surface area contributed by atoms with Gasteiger partial charge < -0.3 is 11.1 Å². The molecule has 4 rings (SSSR count). The molecule has 0 spiro atoms. The van der Waals surface area contributed by atoms with Crippen molar-refractivity contribution >= 4 is 16.8 Å². The van der Waals surface area contributed by atoms with E-state index in [1.165, 1.54) is 6.07 Å². The van der Waals surface area contributed by atoms with Crippen molar-refractivity contribution in [3.8, 4) is 11.3 Å². The molecule has 3 N–H and O–H groups in total. The minimum absolute atomic E-state index is 0.340. The summed E-state index contributed by atoms with van der Waals surface area (Å²) in [5, 5.41) is 12.3. The number of nitrogens with one attached hydrogen (secondary N) is 1. The van der Waals surface area contributed by atoms with Crippen molar-refractivity contribution in [1.82, 2.24) is 24.9 Å². The third kappa shape index (κ3) is 2.10. The molecule has 3 heterocycles. The molecular formula is C15H15FN6O. The van der Waals surface area contributed by atoms with Gasteiger partial charge in [-0.15, -0.1) is 0 Å². The first kappa shape index (κ1) is 13.9. The molecule has 0 fully saturated rings. The van der Waals surface area contributed by atoms with Crippen LogP contribution < -0.4 is 11.1 Å². The Labute approximate surface area is 130 Å². The molecule has 3 aromatic rings. The summed E-state index contributed by atoms with van der Waals surface area (Å²) < 4.78 is 17.7. The predicted molar refractivity (Wildman–Crippen MR) is 82.1 cm³/mol. The van der Waals surface area contributed by atoms with E-state index in [9.17, 15) is 9.18 Å². The van der Waals surface area contributed by atoms with Gasteiger partial charge in [0.1, 0.15) is 11.5 Å². The number of aryl methyl sites for hydroxylation is 1. The van der Waals surface area contributed by atoms with Crippen LogP contribution in [0.5, 0.6) is 0 Å². The summed E-state index contributed by atoms with van der Waals surface area (Å²) in [6, 6.07) is 3.10. The molecule has 118 valence electrons. The number of carbonyl (C=O) groups excluding carboxylic acids is 1. The zero-order chi connectivity index (χ0) is 16.1. The van der Waals surface area contributed by atoms with Crippen LogP contribution in [0.15, 0.2) is 18.3 Å². The summed E-state index contributed by atoms with van der Waals surface area (Å²) in [5.41, 5.74) is 8.04. The Morgan fingerprint density at radius 1 is 1.39 bits per heavy atom. The van der Waals surface area contributed by atoms with Crippen LogP contribution in [-0.2, 0) is 20.1 Å². The molecule has 0 bridgehead atoms. The normalized spacial score (nSPS) is 14.2. The smallest absolute Gasteiger partial charge is 0.252 e. The molecule has 8 heteroatoms. The van der Waals surface area contributed by atoms with Crippen molar-refractivity contribution in [2.45, 2.75) is 13.1 Å². The monoisotopic (exact) mass is 314 g/mol. The number of nitrogens with two attached hydrogens (primary N) is 1. The van der Waals surface area contributed by atoms with E-state index in [1.54, 1.807) is 28.7 Å². The first-order chi connectivity index (χ1) is 11.0. The van der Waals surface area contributed by atoms with Crippen molar-refractivity contribution in [3.63, 3.8) is 0 Å². The summed E-state index contributed by atoms with van der Waals surface area (Å²) in [5.74, 6) is -0.961. The first-order valence-corrected chi connectivity index (χ1v) is 7.28. The van der Waals surface area contributed by atoms with Crippen molar-refractivity contribution < 1.29 is 9.18 Å². The predicted octanol–water partition coefficient (Wildman–Crippen LogP) is 0.778. The average Bonchev–Trinajstić information content (AvgIpc) is 3.07.